The first-order valence-electron chi connectivity index (χ1n) is 7.49. The van der Waals surface area contributed by atoms with Gasteiger partial charge in [-0.3, -0.25) is 14.2 Å². The van der Waals surface area contributed by atoms with Crippen molar-refractivity contribution >= 4 is 28.4 Å². The summed E-state index contributed by atoms with van der Waals surface area (Å²) in [7, 11) is 0. The van der Waals surface area contributed by atoms with Crippen molar-refractivity contribution in [1.82, 2.24) is 14.5 Å². The normalized spacial score (nSPS) is 10.9. The Morgan fingerprint density at radius 1 is 1.27 bits per heavy atom. The minimum absolute atomic E-state index is 0.00822. The van der Waals surface area contributed by atoms with Gasteiger partial charge in [-0.15, -0.1) is 0 Å². The third-order valence-corrected chi connectivity index (χ3v) is 3.67. The van der Waals surface area contributed by atoms with Crippen molar-refractivity contribution in [3.05, 3.63) is 39.9 Å². The molecule has 0 unspecified atom stereocenters. The van der Waals surface area contributed by atoms with Crippen molar-refractivity contribution < 1.29 is 4.79 Å². The number of nitrogens with zero attached hydrogens (tertiary/aromatic N) is 3. The van der Waals surface area contributed by atoms with Gasteiger partial charge in [0.15, 0.2) is 0 Å². The fourth-order valence-corrected chi connectivity index (χ4v) is 2.56. The quantitative estimate of drug-likeness (QED) is 0.822. The molecule has 1 heterocycles. The van der Waals surface area contributed by atoms with Gasteiger partial charge in [0, 0.05) is 18.1 Å². The Balaban J connectivity index is 2.29. The Morgan fingerprint density at radius 2 is 1.95 bits per heavy atom. The van der Waals surface area contributed by atoms with Crippen molar-refractivity contribution in [3.63, 3.8) is 0 Å². The van der Waals surface area contributed by atoms with Gasteiger partial charge >= 0.3 is 0 Å². The molecule has 118 valence electrons. The summed E-state index contributed by atoms with van der Waals surface area (Å²) in [5, 5.41) is 0.911. The van der Waals surface area contributed by atoms with E-state index in [2.05, 4.69) is 4.98 Å². The molecule has 0 bridgehead atoms. The summed E-state index contributed by atoms with van der Waals surface area (Å²) in [5.41, 5.74) is 0.339. The van der Waals surface area contributed by atoms with Crippen LogP contribution in [0.1, 0.15) is 26.7 Å². The van der Waals surface area contributed by atoms with Crippen LogP contribution in [0.5, 0.6) is 0 Å². The zero-order valence-electron chi connectivity index (χ0n) is 12.9. The standard InChI is InChI=1S/C16H20ClN3O2/c1-3-7-19(8-4-2)15(21)10-20-11-18-14-6-5-12(17)9-13(14)16(20)22/h5-6,9,11H,3-4,7-8,10H2,1-2H3. The molecule has 0 radical (unpaired) electrons. The lowest BCUT2D eigenvalue weighted by Gasteiger charge is -2.21. The van der Waals surface area contributed by atoms with Gasteiger partial charge in [-0.2, -0.15) is 0 Å². The summed E-state index contributed by atoms with van der Waals surface area (Å²) in [6.45, 7) is 5.47. The summed E-state index contributed by atoms with van der Waals surface area (Å²) in [4.78, 5) is 30.8. The Morgan fingerprint density at radius 3 is 2.59 bits per heavy atom. The van der Waals surface area contributed by atoms with Crippen LogP contribution in [0.2, 0.25) is 5.02 Å². The molecule has 2 aromatic rings. The van der Waals surface area contributed by atoms with Gasteiger partial charge in [0.1, 0.15) is 6.54 Å². The molecule has 1 aromatic carbocycles. The van der Waals surface area contributed by atoms with E-state index in [1.54, 1.807) is 23.1 Å². The number of amides is 1. The Labute approximate surface area is 134 Å². The van der Waals surface area contributed by atoms with Crippen molar-refractivity contribution in [2.75, 3.05) is 13.1 Å². The Hall–Kier alpha value is -1.88. The van der Waals surface area contributed by atoms with E-state index >= 15 is 0 Å². The van der Waals surface area contributed by atoms with Crippen molar-refractivity contribution in [2.24, 2.45) is 0 Å². The Kier molecular flexibility index (Phi) is 5.55. The van der Waals surface area contributed by atoms with Gasteiger partial charge in [-0.25, -0.2) is 4.98 Å². The van der Waals surface area contributed by atoms with E-state index < -0.39 is 0 Å². The summed E-state index contributed by atoms with van der Waals surface area (Å²) in [6.07, 6.45) is 3.21. The summed E-state index contributed by atoms with van der Waals surface area (Å²) >= 11 is 5.93. The predicted octanol–water partition coefficient (Wildman–Crippen LogP) is 2.70. The number of carbonyl (C=O) groups is 1. The smallest absolute Gasteiger partial charge is 0.261 e. The minimum Gasteiger partial charge on any atom is -0.341 e. The van der Waals surface area contributed by atoms with Crippen LogP contribution in [0.25, 0.3) is 10.9 Å². The van der Waals surface area contributed by atoms with Crippen LogP contribution in [0.4, 0.5) is 0 Å². The Bertz CT molecular complexity index is 721. The highest BCUT2D eigenvalue weighted by atomic mass is 35.5. The fourth-order valence-electron chi connectivity index (χ4n) is 2.39. The average Bonchev–Trinajstić information content (AvgIpc) is 2.50. The highest BCUT2D eigenvalue weighted by Crippen LogP contribution is 2.14. The largest absolute Gasteiger partial charge is 0.341 e. The zero-order chi connectivity index (χ0) is 16.1. The number of hydrogen-bond acceptors (Lipinski definition) is 3. The number of halogens is 1. The van der Waals surface area contributed by atoms with E-state index in [0.29, 0.717) is 29.0 Å². The number of benzene rings is 1. The molecule has 22 heavy (non-hydrogen) atoms. The molecule has 6 heteroatoms. The molecule has 0 aliphatic carbocycles. The molecule has 0 saturated heterocycles. The lowest BCUT2D eigenvalue weighted by Crippen LogP contribution is -2.37. The number of fused-ring (bicyclic) bond motifs is 1. The van der Waals surface area contributed by atoms with Gasteiger partial charge in [-0.1, -0.05) is 25.4 Å². The number of rotatable bonds is 6. The molecule has 1 aromatic heterocycles. The maximum atomic E-state index is 12.4. The molecule has 0 aliphatic rings. The van der Waals surface area contributed by atoms with Crippen molar-refractivity contribution in [2.45, 2.75) is 33.2 Å². The van der Waals surface area contributed by atoms with Crippen LogP contribution in [-0.4, -0.2) is 33.4 Å². The second-order valence-electron chi connectivity index (χ2n) is 5.22. The van der Waals surface area contributed by atoms with E-state index in [1.165, 1.54) is 10.9 Å². The van der Waals surface area contributed by atoms with Crippen LogP contribution in [0, 0.1) is 0 Å². The van der Waals surface area contributed by atoms with Crippen molar-refractivity contribution in [3.8, 4) is 0 Å². The van der Waals surface area contributed by atoms with Gasteiger partial charge in [0.25, 0.3) is 5.56 Å². The third-order valence-electron chi connectivity index (χ3n) is 3.43. The summed E-state index contributed by atoms with van der Waals surface area (Å²) < 4.78 is 1.35. The molecule has 2 rings (SSSR count). The van der Waals surface area contributed by atoms with Crippen LogP contribution in [-0.2, 0) is 11.3 Å². The van der Waals surface area contributed by atoms with E-state index in [0.717, 1.165) is 12.8 Å². The maximum absolute atomic E-state index is 12.4. The second-order valence-corrected chi connectivity index (χ2v) is 5.66. The minimum atomic E-state index is -0.242. The van der Waals surface area contributed by atoms with Gasteiger partial charge in [0.2, 0.25) is 5.91 Å². The molecule has 0 N–H and O–H groups in total. The molecular formula is C16H20ClN3O2. The molecule has 5 nitrogen and oxygen atoms in total. The molecule has 0 atom stereocenters. The van der Waals surface area contributed by atoms with Crippen LogP contribution in [0.3, 0.4) is 0 Å². The number of aromatic nitrogens is 2. The number of hydrogen-bond donors (Lipinski definition) is 0. The molecule has 0 spiro atoms. The first kappa shape index (κ1) is 16.5. The zero-order valence-corrected chi connectivity index (χ0v) is 13.6. The van der Waals surface area contributed by atoms with E-state index in [4.69, 9.17) is 11.6 Å². The molecular weight excluding hydrogens is 302 g/mol. The topological polar surface area (TPSA) is 55.2 Å². The van der Waals surface area contributed by atoms with E-state index in [9.17, 15) is 9.59 Å². The van der Waals surface area contributed by atoms with Crippen molar-refractivity contribution in [1.29, 1.82) is 0 Å². The highest BCUT2D eigenvalue weighted by Gasteiger charge is 2.14. The first-order valence-corrected chi connectivity index (χ1v) is 7.87. The SMILES string of the molecule is CCCN(CCC)C(=O)Cn1cnc2ccc(Cl)cc2c1=O. The fraction of sp³-hybridized carbons (Fsp3) is 0.438. The van der Waals surface area contributed by atoms with Crippen LogP contribution >= 0.6 is 11.6 Å². The molecule has 1 amide bonds. The van der Waals surface area contributed by atoms with Crippen LogP contribution < -0.4 is 5.56 Å². The maximum Gasteiger partial charge on any atom is 0.261 e. The lowest BCUT2D eigenvalue weighted by atomic mass is 10.2. The van der Waals surface area contributed by atoms with E-state index in [-0.39, 0.29) is 18.0 Å². The highest BCUT2D eigenvalue weighted by molar-refractivity contribution is 6.31. The number of carbonyl (C=O) groups excluding carboxylic acids is 1. The first-order chi connectivity index (χ1) is 10.6. The van der Waals surface area contributed by atoms with E-state index in [1.807, 2.05) is 13.8 Å². The average molecular weight is 322 g/mol. The van der Waals surface area contributed by atoms with Crippen LogP contribution in [0.15, 0.2) is 29.3 Å². The van der Waals surface area contributed by atoms with Gasteiger partial charge < -0.3 is 4.90 Å². The lowest BCUT2D eigenvalue weighted by molar-refractivity contribution is -0.132. The third kappa shape index (κ3) is 3.65. The van der Waals surface area contributed by atoms with Gasteiger partial charge in [0.05, 0.1) is 17.2 Å². The molecule has 0 aliphatic heterocycles. The molecule has 0 fully saturated rings. The summed E-state index contributed by atoms with van der Waals surface area (Å²) in [5.74, 6) is -0.0611. The summed E-state index contributed by atoms with van der Waals surface area (Å²) in [6, 6.07) is 4.98. The predicted molar refractivity (Wildman–Crippen MR) is 88.2 cm³/mol. The second kappa shape index (κ2) is 7.40. The molecule has 0 saturated carbocycles. The monoisotopic (exact) mass is 321 g/mol. The van der Waals surface area contributed by atoms with Gasteiger partial charge in [-0.05, 0) is 31.0 Å².